The summed E-state index contributed by atoms with van der Waals surface area (Å²) in [4.78, 5) is 12.8. The molecule has 0 radical (unpaired) electrons. The number of aliphatic hydroxyl groups excluding tert-OH is 1. The lowest BCUT2D eigenvalue weighted by Gasteiger charge is -2.20. The summed E-state index contributed by atoms with van der Waals surface area (Å²) >= 11 is 0. The first-order valence-corrected chi connectivity index (χ1v) is 7.20. The van der Waals surface area contributed by atoms with E-state index in [2.05, 4.69) is 6.92 Å². The third kappa shape index (κ3) is 2.64. The quantitative estimate of drug-likeness (QED) is 0.859. The largest absolute Gasteiger partial charge is 0.380 e. The first kappa shape index (κ1) is 15.5. The van der Waals surface area contributed by atoms with Crippen LogP contribution in [0.2, 0.25) is 0 Å². The molecular formula is C19H22O2. The van der Waals surface area contributed by atoms with E-state index < -0.39 is 6.10 Å². The number of hydrogen-bond donors (Lipinski definition) is 1. The van der Waals surface area contributed by atoms with Crippen LogP contribution in [0.25, 0.3) is 0 Å². The van der Waals surface area contributed by atoms with Crippen molar-refractivity contribution in [2.75, 3.05) is 0 Å². The highest BCUT2D eigenvalue weighted by Gasteiger charge is 2.24. The van der Waals surface area contributed by atoms with Gasteiger partial charge in [0.15, 0.2) is 5.78 Å². The Morgan fingerprint density at radius 2 is 1.24 bits per heavy atom. The molecule has 1 atom stereocenters. The molecule has 2 rings (SSSR count). The summed E-state index contributed by atoms with van der Waals surface area (Å²) in [5.41, 5.74) is 6.70. The molecule has 1 N–H and O–H groups in total. The minimum atomic E-state index is -1.11. The van der Waals surface area contributed by atoms with Crippen molar-refractivity contribution < 1.29 is 9.90 Å². The first-order valence-electron chi connectivity index (χ1n) is 7.20. The number of Topliss-reactive ketones (excluding diaryl/α,β-unsaturated/α-hetero) is 1. The molecule has 21 heavy (non-hydrogen) atoms. The minimum absolute atomic E-state index is 0.220. The van der Waals surface area contributed by atoms with Gasteiger partial charge in [-0.1, -0.05) is 30.3 Å². The lowest BCUT2D eigenvalue weighted by Crippen LogP contribution is -2.17. The van der Waals surface area contributed by atoms with E-state index in [4.69, 9.17) is 0 Å². The molecule has 110 valence electrons. The van der Waals surface area contributed by atoms with Crippen LogP contribution in [-0.2, 0) is 0 Å². The average molecular weight is 282 g/mol. The molecule has 0 amide bonds. The lowest BCUT2D eigenvalue weighted by molar-refractivity contribution is 0.0746. The molecule has 0 saturated carbocycles. The van der Waals surface area contributed by atoms with E-state index in [1.165, 1.54) is 5.56 Å². The highest BCUT2D eigenvalue weighted by molar-refractivity contribution is 6.03. The summed E-state index contributed by atoms with van der Waals surface area (Å²) in [5.74, 6) is -0.220. The fourth-order valence-corrected chi connectivity index (χ4v) is 2.79. The molecular weight excluding hydrogens is 260 g/mol. The Morgan fingerprint density at radius 3 is 1.71 bits per heavy atom. The SMILES string of the molecule is Cc1c(C)c(C)c(C(=O)C(O)c2ccccc2)c(C)c1C. The first-order chi connectivity index (χ1) is 9.86. The van der Waals surface area contributed by atoms with Gasteiger partial charge in [0.25, 0.3) is 0 Å². The van der Waals surface area contributed by atoms with E-state index in [-0.39, 0.29) is 5.78 Å². The molecule has 0 aromatic heterocycles. The van der Waals surface area contributed by atoms with Crippen molar-refractivity contribution in [1.82, 2.24) is 0 Å². The monoisotopic (exact) mass is 282 g/mol. The molecule has 2 heteroatoms. The van der Waals surface area contributed by atoms with Crippen LogP contribution in [0, 0.1) is 34.6 Å². The molecule has 0 aliphatic carbocycles. The standard InChI is InChI=1S/C19H22O2/c1-11-12(2)14(4)17(15(5)13(11)3)19(21)18(20)16-9-7-6-8-10-16/h6-10,18,20H,1-5H3. The van der Waals surface area contributed by atoms with Gasteiger partial charge in [-0.05, 0) is 68.0 Å². The summed E-state index contributed by atoms with van der Waals surface area (Å²) in [6.07, 6.45) is -1.11. The molecule has 0 aliphatic heterocycles. The maximum Gasteiger partial charge on any atom is 0.196 e. The number of rotatable bonds is 3. The summed E-state index contributed by atoms with van der Waals surface area (Å²) in [7, 11) is 0. The zero-order valence-corrected chi connectivity index (χ0v) is 13.3. The summed E-state index contributed by atoms with van der Waals surface area (Å²) in [6.45, 7) is 10.1. The highest BCUT2D eigenvalue weighted by Crippen LogP contribution is 2.29. The zero-order valence-electron chi connectivity index (χ0n) is 13.3. The molecule has 2 aromatic rings. The Hall–Kier alpha value is -1.93. The van der Waals surface area contributed by atoms with E-state index >= 15 is 0 Å². The van der Waals surface area contributed by atoms with E-state index in [0.29, 0.717) is 11.1 Å². The number of carbonyl (C=O) groups is 1. The number of benzene rings is 2. The van der Waals surface area contributed by atoms with Gasteiger partial charge in [0.1, 0.15) is 6.10 Å². The Labute approximate surface area is 126 Å². The van der Waals surface area contributed by atoms with Crippen molar-refractivity contribution >= 4 is 5.78 Å². The second-order valence-electron chi connectivity index (χ2n) is 5.68. The highest BCUT2D eigenvalue weighted by atomic mass is 16.3. The Balaban J connectivity index is 2.55. The van der Waals surface area contributed by atoms with Crippen LogP contribution < -0.4 is 0 Å². The fourth-order valence-electron chi connectivity index (χ4n) is 2.79. The second kappa shape index (κ2) is 5.82. The molecule has 0 spiro atoms. The summed E-state index contributed by atoms with van der Waals surface area (Å²) in [5, 5.41) is 10.4. The van der Waals surface area contributed by atoms with Crippen molar-refractivity contribution in [2.24, 2.45) is 0 Å². The van der Waals surface area contributed by atoms with Gasteiger partial charge in [-0.15, -0.1) is 0 Å². The Morgan fingerprint density at radius 1 is 0.810 bits per heavy atom. The topological polar surface area (TPSA) is 37.3 Å². The van der Waals surface area contributed by atoms with Gasteiger partial charge in [-0.2, -0.15) is 0 Å². The van der Waals surface area contributed by atoms with E-state index in [9.17, 15) is 9.90 Å². The third-order valence-corrected chi connectivity index (χ3v) is 4.61. The smallest absolute Gasteiger partial charge is 0.196 e. The normalized spacial score (nSPS) is 12.3. The van der Waals surface area contributed by atoms with Crippen LogP contribution in [0.15, 0.2) is 30.3 Å². The van der Waals surface area contributed by atoms with Crippen LogP contribution in [0.4, 0.5) is 0 Å². The third-order valence-electron chi connectivity index (χ3n) is 4.61. The van der Waals surface area contributed by atoms with Crippen molar-refractivity contribution in [3.8, 4) is 0 Å². The predicted octanol–water partition coefficient (Wildman–Crippen LogP) is 4.15. The van der Waals surface area contributed by atoms with Gasteiger partial charge < -0.3 is 5.11 Å². The van der Waals surface area contributed by atoms with Gasteiger partial charge >= 0.3 is 0 Å². The van der Waals surface area contributed by atoms with Crippen LogP contribution in [0.1, 0.15) is 49.8 Å². The molecule has 0 fully saturated rings. The summed E-state index contributed by atoms with van der Waals surface area (Å²) < 4.78 is 0. The van der Waals surface area contributed by atoms with Crippen molar-refractivity contribution in [3.05, 3.63) is 69.3 Å². The number of carbonyl (C=O) groups excluding carboxylic acids is 1. The molecule has 0 aliphatic rings. The maximum atomic E-state index is 12.8. The van der Waals surface area contributed by atoms with Gasteiger partial charge in [-0.3, -0.25) is 4.79 Å². The molecule has 0 saturated heterocycles. The number of aliphatic hydroxyl groups is 1. The molecule has 1 unspecified atom stereocenters. The average Bonchev–Trinajstić information content (AvgIpc) is 2.51. The van der Waals surface area contributed by atoms with Crippen molar-refractivity contribution in [3.63, 3.8) is 0 Å². The Bertz CT molecular complexity index is 655. The predicted molar refractivity (Wildman–Crippen MR) is 85.9 cm³/mol. The van der Waals surface area contributed by atoms with Crippen LogP contribution in [0.5, 0.6) is 0 Å². The number of ketones is 1. The van der Waals surface area contributed by atoms with Gasteiger partial charge in [0.05, 0.1) is 0 Å². The Kier molecular flexibility index (Phi) is 4.29. The van der Waals surface area contributed by atoms with Gasteiger partial charge in [0.2, 0.25) is 0 Å². The summed E-state index contributed by atoms with van der Waals surface area (Å²) in [6, 6.07) is 9.09. The van der Waals surface area contributed by atoms with E-state index in [1.807, 2.05) is 45.9 Å². The van der Waals surface area contributed by atoms with Crippen LogP contribution >= 0.6 is 0 Å². The van der Waals surface area contributed by atoms with Crippen molar-refractivity contribution in [2.45, 2.75) is 40.7 Å². The molecule has 0 heterocycles. The number of hydrogen-bond acceptors (Lipinski definition) is 2. The van der Waals surface area contributed by atoms with E-state index in [1.54, 1.807) is 12.1 Å². The van der Waals surface area contributed by atoms with Crippen LogP contribution in [0.3, 0.4) is 0 Å². The lowest BCUT2D eigenvalue weighted by atomic mass is 9.85. The minimum Gasteiger partial charge on any atom is -0.380 e. The maximum absolute atomic E-state index is 12.8. The van der Waals surface area contributed by atoms with Crippen LogP contribution in [-0.4, -0.2) is 10.9 Å². The molecule has 0 bridgehead atoms. The van der Waals surface area contributed by atoms with E-state index in [0.717, 1.165) is 22.3 Å². The van der Waals surface area contributed by atoms with Gasteiger partial charge in [0, 0.05) is 5.56 Å². The molecule has 2 aromatic carbocycles. The molecule has 2 nitrogen and oxygen atoms in total. The van der Waals surface area contributed by atoms with Gasteiger partial charge in [-0.25, -0.2) is 0 Å². The fraction of sp³-hybridized carbons (Fsp3) is 0.316. The van der Waals surface area contributed by atoms with Crippen molar-refractivity contribution in [1.29, 1.82) is 0 Å². The zero-order chi connectivity index (χ0) is 15.7. The second-order valence-corrected chi connectivity index (χ2v) is 5.68.